The van der Waals surface area contributed by atoms with Crippen LogP contribution >= 0.6 is 0 Å². The maximum absolute atomic E-state index is 5.96. The Balaban J connectivity index is 2.71. The monoisotopic (exact) mass is 227 g/mol. The van der Waals surface area contributed by atoms with Crippen molar-refractivity contribution in [3.63, 3.8) is 0 Å². The Hall–Kier alpha value is -0.0800. The lowest BCUT2D eigenvalue weighted by atomic mass is 9.93. The molecule has 1 atom stereocenters. The molecule has 1 fully saturated rings. The van der Waals surface area contributed by atoms with Gasteiger partial charge in [-0.3, -0.25) is 4.90 Å². The van der Waals surface area contributed by atoms with Gasteiger partial charge in [0.2, 0.25) is 0 Å². The van der Waals surface area contributed by atoms with E-state index in [-0.39, 0.29) is 11.1 Å². The van der Waals surface area contributed by atoms with Crippen LogP contribution in [0.4, 0.5) is 0 Å². The van der Waals surface area contributed by atoms with Crippen LogP contribution < -0.4 is 0 Å². The first kappa shape index (κ1) is 14.0. The molecule has 16 heavy (non-hydrogen) atoms. The number of nitrogens with zero attached hydrogens (tertiary/aromatic N) is 1. The molecule has 1 rings (SSSR count). The molecule has 0 aromatic heterocycles. The molecular weight excluding hydrogens is 198 g/mol. The zero-order valence-corrected chi connectivity index (χ0v) is 12.0. The van der Waals surface area contributed by atoms with E-state index < -0.39 is 0 Å². The van der Waals surface area contributed by atoms with E-state index in [0.29, 0.717) is 6.10 Å². The van der Waals surface area contributed by atoms with Crippen LogP contribution in [0.3, 0.4) is 0 Å². The molecular formula is C14H29NO. The van der Waals surface area contributed by atoms with E-state index in [1.807, 2.05) is 0 Å². The Morgan fingerprint density at radius 3 is 2.38 bits per heavy atom. The second-order valence-electron chi connectivity index (χ2n) is 6.42. The van der Waals surface area contributed by atoms with Gasteiger partial charge >= 0.3 is 0 Å². The van der Waals surface area contributed by atoms with Gasteiger partial charge in [-0.05, 0) is 60.4 Å². The van der Waals surface area contributed by atoms with Gasteiger partial charge in [0.15, 0.2) is 0 Å². The van der Waals surface area contributed by atoms with Crippen molar-refractivity contribution in [2.24, 2.45) is 0 Å². The van der Waals surface area contributed by atoms with Crippen LogP contribution in [0.1, 0.15) is 60.3 Å². The van der Waals surface area contributed by atoms with Gasteiger partial charge in [0, 0.05) is 17.7 Å². The average molecular weight is 227 g/mol. The summed E-state index contributed by atoms with van der Waals surface area (Å²) < 4.78 is 5.96. The predicted molar refractivity (Wildman–Crippen MR) is 69.8 cm³/mol. The molecule has 0 saturated carbocycles. The minimum atomic E-state index is 0.235. The summed E-state index contributed by atoms with van der Waals surface area (Å²) in [6.45, 7) is 12.4. The van der Waals surface area contributed by atoms with E-state index in [2.05, 4.69) is 46.6 Å². The minimum Gasteiger partial charge on any atom is -0.378 e. The summed E-state index contributed by atoms with van der Waals surface area (Å²) in [4.78, 5) is 2.52. The number of hydrogen-bond donors (Lipinski definition) is 0. The van der Waals surface area contributed by atoms with Crippen LogP contribution in [-0.2, 0) is 4.74 Å². The summed E-state index contributed by atoms with van der Waals surface area (Å²) >= 11 is 0. The molecule has 1 unspecified atom stereocenters. The Labute approximate surface area is 101 Å². The van der Waals surface area contributed by atoms with Crippen LogP contribution in [0.15, 0.2) is 0 Å². The van der Waals surface area contributed by atoms with E-state index in [1.54, 1.807) is 0 Å². The van der Waals surface area contributed by atoms with Crippen molar-refractivity contribution in [3.05, 3.63) is 0 Å². The SMILES string of the molecule is CCCOC1CCC(C)(C)N(C)C(C)(C)C1. The summed E-state index contributed by atoms with van der Waals surface area (Å²) in [5.41, 5.74) is 0.520. The van der Waals surface area contributed by atoms with Crippen molar-refractivity contribution in [1.82, 2.24) is 4.90 Å². The molecule has 1 saturated heterocycles. The molecule has 2 nitrogen and oxygen atoms in total. The first-order valence-corrected chi connectivity index (χ1v) is 6.65. The van der Waals surface area contributed by atoms with Crippen molar-refractivity contribution >= 4 is 0 Å². The van der Waals surface area contributed by atoms with Gasteiger partial charge in [-0.1, -0.05) is 6.92 Å². The van der Waals surface area contributed by atoms with Crippen molar-refractivity contribution in [2.45, 2.75) is 77.5 Å². The van der Waals surface area contributed by atoms with Crippen LogP contribution in [0, 0.1) is 0 Å². The van der Waals surface area contributed by atoms with Gasteiger partial charge in [0.25, 0.3) is 0 Å². The first-order chi connectivity index (χ1) is 7.29. The number of ether oxygens (including phenoxy) is 1. The molecule has 0 aliphatic carbocycles. The molecule has 0 radical (unpaired) electrons. The number of rotatable bonds is 3. The third-order valence-electron chi connectivity index (χ3n) is 4.18. The summed E-state index contributed by atoms with van der Waals surface area (Å²) in [5, 5.41) is 0. The van der Waals surface area contributed by atoms with Crippen molar-refractivity contribution in [2.75, 3.05) is 13.7 Å². The van der Waals surface area contributed by atoms with Crippen molar-refractivity contribution < 1.29 is 4.74 Å². The summed E-state index contributed by atoms with van der Waals surface area (Å²) in [6.07, 6.45) is 5.13. The van der Waals surface area contributed by atoms with Crippen LogP contribution in [0.25, 0.3) is 0 Å². The highest BCUT2D eigenvalue weighted by Gasteiger charge is 2.39. The molecule has 0 spiro atoms. The zero-order chi connectivity index (χ0) is 12.4. The fourth-order valence-electron chi connectivity index (χ4n) is 2.72. The molecule has 0 aromatic carbocycles. The molecule has 2 heteroatoms. The summed E-state index contributed by atoms with van der Waals surface area (Å²) in [5.74, 6) is 0. The van der Waals surface area contributed by atoms with Gasteiger partial charge in [0.1, 0.15) is 0 Å². The second-order valence-corrected chi connectivity index (χ2v) is 6.42. The van der Waals surface area contributed by atoms with Gasteiger partial charge in [-0.25, -0.2) is 0 Å². The minimum absolute atomic E-state index is 0.235. The predicted octanol–water partition coefficient (Wildman–Crippen LogP) is 3.45. The zero-order valence-electron chi connectivity index (χ0n) is 12.0. The molecule has 1 aliphatic heterocycles. The standard InChI is InChI=1S/C14H29NO/c1-7-10-16-12-8-9-13(2,3)15(6)14(4,5)11-12/h12H,7-11H2,1-6H3. The fraction of sp³-hybridized carbons (Fsp3) is 1.00. The van der Waals surface area contributed by atoms with E-state index in [1.165, 1.54) is 12.8 Å². The lowest BCUT2D eigenvalue weighted by molar-refractivity contribution is 0.00866. The average Bonchev–Trinajstić information content (AvgIpc) is 2.26. The quantitative estimate of drug-likeness (QED) is 0.732. The molecule has 1 aliphatic rings. The lowest BCUT2D eigenvalue weighted by Crippen LogP contribution is -2.52. The van der Waals surface area contributed by atoms with Gasteiger partial charge in [-0.2, -0.15) is 0 Å². The third-order valence-corrected chi connectivity index (χ3v) is 4.18. The van der Waals surface area contributed by atoms with Crippen LogP contribution in [-0.4, -0.2) is 35.7 Å². The molecule has 96 valence electrons. The third kappa shape index (κ3) is 3.21. The Morgan fingerprint density at radius 2 is 1.81 bits per heavy atom. The molecule has 1 heterocycles. The van der Waals surface area contributed by atoms with Gasteiger partial charge < -0.3 is 4.74 Å². The number of hydrogen-bond acceptors (Lipinski definition) is 2. The molecule has 0 amide bonds. The smallest absolute Gasteiger partial charge is 0.0593 e. The highest BCUT2D eigenvalue weighted by Crippen LogP contribution is 2.36. The summed E-state index contributed by atoms with van der Waals surface area (Å²) in [7, 11) is 2.25. The Bertz CT molecular complexity index is 223. The van der Waals surface area contributed by atoms with Crippen LogP contribution in [0.5, 0.6) is 0 Å². The van der Waals surface area contributed by atoms with Gasteiger partial charge in [-0.15, -0.1) is 0 Å². The first-order valence-electron chi connectivity index (χ1n) is 6.65. The van der Waals surface area contributed by atoms with Crippen molar-refractivity contribution in [1.29, 1.82) is 0 Å². The van der Waals surface area contributed by atoms with E-state index in [0.717, 1.165) is 19.4 Å². The van der Waals surface area contributed by atoms with Crippen LogP contribution in [0.2, 0.25) is 0 Å². The molecule has 0 bridgehead atoms. The highest BCUT2D eigenvalue weighted by atomic mass is 16.5. The highest BCUT2D eigenvalue weighted by molar-refractivity contribution is 4.95. The van der Waals surface area contributed by atoms with E-state index in [4.69, 9.17) is 4.74 Å². The normalized spacial score (nSPS) is 30.0. The van der Waals surface area contributed by atoms with E-state index >= 15 is 0 Å². The molecule has 0 aromatic rings. The van der Waals surface area contributed by atoms with Gasteiger partial charge in [0.05, 0.1) is 6.10 Å². The topological polar surface area (TPSA) is 12.5 Å². The summed E-state index contributed by atoms with van der Waals surface area (Å²) in [6, 6.07) is 0. The maximum atomic E-state index is 5.96. The Kier molecular flexibility index (Phi) is 4.42. The largest absolute Gasteiger partial charge is 0.378 e. The maximum Gasteiger partial charge on any atom is 0.0593 e. The van der Waals surface area contributed by atoms with Crippen molar-refractivity contribution in [3.8, 4) is 0 Å². The second kappa shape index (κ2) is 5.05. The lowest BCUT2D eigenvalue weighted by Gasteiger charge is -2.44. The van der Waals surface area contributed by atoms with E-state index in [9.17, 15) is 0 Å². The fourth-order valence-corrected chi connectivity index (χ4v) is 2.72. The Morgan fingerprint density at radius 1 is 1.19 bits per heavy atom. The number of likely N-dealkylation sites (tertiary alicyclic amines) is 1. The molecule has 0 N–H and O–H groups in total.